The van der Waals surface area contributed by atoms with Crippen LogP contribution >= 0.6 is 35.3 Å². The Morgan fingerprint density at radius 1 is 0.893 bits per heavy atom. The molecule has 0 saturated carbocycles. The number of hydrogen-bond donors (Lipinski definition) is 0. The first-order chi connectivity index (χ1) is 13.2. The molecule has 158 valence electrons. The number of esters is 1. The van der Waals surface area contributed by atoms with Crippen molar-refractivity contribution >= 4 is 56.6 Å². The van der Waals surface area contributed by atoms with Crippen LogP contribution in [-0.2, 0) is 23.9 Å². The van der Waals surface area contributed by atoms with Crippen LogP contribution in [0, 0.1) is 5.41 Å². The summed E-state index contributed by atoms with van der Waals surface area (Å²) in [5, 5.41) is 3.22. The number of carbonyl (C=O) groups is 4. The molecule has 0 amide bonds. The third-order valence-electron chi connectivity index (χ3n) is 3.49. The van der Waals surface area contributed by atoms with Gasteiger partial charge in [0.1, 0.15) is 0 Å². The lowest BCUT2D eigenvalue weighted by Gasteiger charge is -2.31. The Kier molecular flexibility index (Phi) is 15.1. The quantitative estimate of drug-likeness (QED) is 0.127. The Bertz CT molecular complexity index is 549. The molecule has 0 aliphatic heterocycles. The molecule has 0 unspecified atom stereocenters. The van der Waals surface area contributed by atoms with Crippen molar-refractivity contribution in [2.75, 3.05) is 30.4 Å². The highest BCUT2D eigenvalue weighted by atomic mass is 32.2. The highest BCUT2D eigenvalue weighted by molar-refractivity contribution is 8.15. The Balaban J connectivity index is 4.81. The molecule has 0 fully saturated rings. The lowest BCUT2D eigenvalue weighted by molar-refractivity contribution is -0.146. The van der Waals surface area contributed by atoms with Crippen molar-refractivity contribution in [2.24, 2.45) is 10.5 Å². The zero-order valence-corrected chi connectivity index (χ0v) is 18.9. The van der Waals surface area contributed by atoms with Gasteiger partial charge < -0.3 is 4.74 Å². The molecule has 28 heavy (non-hydrogen) atoms. The van der Waals surface area contributed by atoms with E-state index in [2.05, 4.69) is 10.0 Å². The summed E-state index contributed by atoms with van der Waals surface area (Å²) in [4.78, 5) is 49.0. The molecule has 0 saturated heterocycles. The average Bonchev–Trinajstić information content (AvgIpc) is 2.63. The van der Waals surface area contributed by atoms with Gasteiger partial charge in [0.2, 0.25) is 0 Å². The summed E-state index contributed by atoms with van der Waals surface area (Å²) < 4.78 is 5.44. The van der Waals surface area contributed by atoms with Gasteiger partial charge >= 0.3 is 5.97 Å². The smallest absolute Gasteiger partial charge is 0.305 e. The molecule has 0 spiro atoms. The van der Waals surface area contributed by atoms with E-state index in [0.717, 1.165) is 41.7 Å². The molecule has 0 rings (SSSR count). The van der Waals surface area contributed by atoms with Crippen molar-refractivity contribution in [1.29, 1.82) is 0 Å². The molecule has 0 N–H and O–H groups in total. The number of ether oxygens (including phenoxy) is 1. The van der Waals surface area contributed by atoms with Crippen LogP contribution in [0.2, 0.25) is 0 Å². The van der Waals surface area contributed by atoms with Crippen LogP contribution in [0.1, 0.15) is 46.5 Å². The maximum Gasteiger partial charge on any atom is 0.305 e. The van der Waals surface area contributed by atoms with Gasteiger partial charge in [0.05, 0.1) is 6.61 Å². The fourth-order valence-electron chi connectivity index (χ4n) is 1.99. The molecule has 0 heterocycles. The Hall–Kier alpha value is -1.16. The molecule has 8 nitrogen and oxygen atoms in total. The number of carbonyl (C=O) groups excluding carboxylic acids is 4. The van der Waals surface area contributed by atoms with E-state index in [1.807, 2.05) is 0 Å². The summed E-state index contributed by atoms with van der Waals surface area (Å²) in [5.41, 5.74) is 7.55. The number of rotatable bonds is 14. The van der Waals surface area contributed by atoms with E-state index in [1.165, 1.54) is 20.8 Å². The highest BCUT2D eigenvalue weighted by Gasteiger charge is 2.34. The summed E-state index contributed by atoms with van der Waals surface area (Å²) in [6.07, 6.45) is 2.33. The van der Waals surface area contributed by atoms with Gasteiger partial charge in [0, 0.05) is 61.3 Å². The number of hydrogen-bond acceptors (Lipinski definition) is 9. The predicted octanol–water partition coefficient (Wildman–Crippen LogP) is 4.23. The van der Waals surface area contributed by atoms with Gasteiger partial charge in [-0.05, 0) is 18.4 Å². The van der Waals surface area contributed by atoms with Gasteiger partial charge in [-0.3, -0.25) is 19.2 Å². The van der Waals surface area contributed by atoms with Crippen LogP contribution in [0.3, 0.4) is 0 Å². The molecule has 0 aromatic carbocycles. The highest BCUT2D eigenvalue weighted by Crippen LogP contribution is 2.33. The fraction of sp³-hybridized carbons (Fsp3) is 0.765. The van der Waals surface area contributed by atoms with Crippen molar-refractivity contribution in [3.63, 3.8) is 0 Å². The first-order valence-electron chi connectivity index (χ1n) is 8.77. The molecular formula is C17H27N3O5S3. The standard InChI is InChI=1S/C17H27N3O5S3/c1-13(21)26-10-17(11-27-14(2)22,12-28-15(3)23)9-25-16(24)7-5-4-6-8-19-20-18/h4-12H2,1-3H3. The molecule has 0 aromatic heterocycles. The minimum Gasteiger partial charge on any atom is -0.465 e. The average molecular weight is 450 g/mol. The van der Waals surface area contributed by atoms with Crippen molar-refractivity contribution in [2.45, 2.75) is 46.5 Å². The second-order valence-corrected chi connectivity index (χ2v) is 9.72. The van der Waals surface area contributed by atoms with E-state index in [1.54, 1.807) is 0 Å². The third kappa shape index (κ3) is 14.8. The SMILES string of the molecule is CC(=O)SCC(COC(=O)CCCCCN=[N+]=[N-])(CSC(C)=O)CSC(C)=O. The zero-order valence-electron chi connectivity index (χ0n) is 16.5. The lowest BCUT2D eigenvalue weighted by atomic mass is 9.97. The molecule has 0 bridgehead atoms. The van der Waals surface area contributed by atoms with Crippen LogP contribution in [0.4, 0.5) is 0 Å². The van der Waals surface area contributed by atoms with E-state index >= 15 is 0 Å². The van der Waals surface area contributed by atoms with Crippen molar-refractivity contribution < 1.29 is 23.9 Å². The van der Waals surface area contributed by atoms with Crippen LogP contribution in [0.15, 0.2) is 5.11 Å². The Morgan fingerprint density at radius 3 is 1.82 bits per heavy atom. The second-order valence-electron chi connectivity index (χ2n) is 6.27. The van der Waals surface area contributed by atoms with Gasteiger partial charge in [-0.2, -0.15) is 0 Å². The van der Waals surface area contributed by atoms with Crippen LogP contribution in [-0.4, -0.2) is 51.7 Å². The first-order valence-corrected chi connectivity index (χ1v) is 11.7. The van der Waals surface area contributed by atoms with Crippen LogP contribution < -0.4 is 0 Å². The van der Waals surface area contributed by atoms with Gasteiger partial charge in [-0.15, -0.1) is 0 Å². The summed E-state index contributed by atoms with van der Waals surface area (Å²) in [6, 6.07) is 0. The summed E-state index contributed by atoms with van der Waals surface area (Å²) >= 11 is 3.31. The third-order valence-corrected chi connectivity index (χ3v) is 6.98. The first kappa shape index (κ1) is 26.8. The van der Waals surface area contributed by atoms with Crippen LogP contribution in [0.5, 0.6) is 0 Å². The number of nitrogens with zero attached hydrogens (tertiary/aromatic N) is 3. The molecular weight excluding hydrogens is 422 g/mol. The van der Waals surface area contributed by atoms with Gasteiger partial charge in [0.15, 0.2) is 15.3 Å². The van der Waals surface area contributed by atoms with Crippen molar-refractivity contribution in [3.8, 4) is 0 Å². The van der Waals surface area contributed by atoms with E-state index in [0.29, 0.717) is 36.6 Å². The normalized spacial score (nSPS) is 10.8. The largest absolute Gasteiger partial charge is 0.465 e. The van der Waals surface area contributed by atoms with Crippen LogP contribution in [0.25, 0.3) is 10.4 Å². The van der Waals surface area contributed by atoms with Gasteiger partial charge in [0.25, 0.3) is 0 Å². The van der Waals surface area contributed by atoms with Crippen molar-refractivity contribution in [3.05, 3.63) is 10.4 Å². The minimum absolute atomic E-state index is 0.0470. The molecule has 0 atom stereocenters. The van der Waals surface area contributed by atoms with E-state index in [9.17, 15) is 19.2 Å². The predicted molar refractivity (Wildman–Crippen MR) is 115 cm³/mol. The van der Waals surface area contributed by atoms with Gasteiger partial charge in [-0.1, -0.05) is 46.8 Å². The second kappa shape index (κ2) is 15.7. The molecule has 0 aliphatic carbocycles. The number of thioether (sulfide) groups is 3. The van der Waals surface area contributed by atoms with E-state index < -0.39 is 5.41 Å². The minimum atomic E-state index is -0.653. The summed E-state index contributed by atoms with van der Waals surface area (Å²) in [7, 11) is 0. The number of azide groups is 1. The zero-order chi connectivity index (χ0) is 21.4. The number of unbranched alkanes of at least 4 members (excludes halogenated alkanes) is 2. The maximum atomic E-state index is 12.1. The summed E-state index contributed by atoms with van der Waals surface area (Å²) in [5.74, 6) is 0.731. The van der Waals surface area contributed by atoms with E-state index in [-0.39, 0.29) is 34.3 Å². The van der Waals surface area contributed by atoms with E-state index in [4.69, 9.17) is 10.3 Å². The topological polar surface area (TPSA) is 126 Å². The lowest BCUT2D eigenvalue weighted by Crippen LogP contribution is -2.37. The Labute approximate surface area is 178 Å². The molecule has 11 heteroatoms. The monoisotopic (exact) mass is 449 g/mol. The maximum absolute atomic E-state index is 12.1. The van der Waals surface area contributed by atoms with Crippen molar-refractivity contribution in [1.82, 2.24) is 0 Å². The fourth-order valence-corrected chi connectivity index (χ4v) is 4.77. The molecule has 0 aliphatic rings. The summed E-state index contributed by atoms with van der Waals surface area (Å²) in [6.45, 7) is 4.81. The van der Waals surface area contributed by atoms with Gasteiger partial charge in [-0.25, -0.2) is 0 Å². The Morgan fingerprint density at radius 2 is 1.39 bits per heavy atom. The molecule has 0 radical (unpaired) electrons. The molecule has 0 aromatic rings.